The van der Waals surface area contributed by atoms with Crippen molar-refractivity contribution in [1.29, 1.82) is 0 Å². The molecule has 72 valence electrons. The third-order valence-corrected chi connectivity index (χ3v) is 6.45. The Morgan fingerprint density at radius 3 is 2.54 bits per heavy atom. The summed E-state index contributed by atoms with van der Waals surface area (Å²) in [6.07, 6.45) is 4.54. The molecule has 0 aromatic carbocycles. The molecule has 2 N–H and O–H groups in total. The second-order valence-corrected chi connectivity index (χ2v) is 6.15. The fourth-order valence-electron chi connectivity index (χ4n) is 6.68. The van der Waals surface area contributed by atoms with Crippen LogP contribution in [0, 0.1) is 41.4 Å². The first-order valence-corrected chi connectivity index (χ1v) is 5.59. The van der Waals surface area contributed by atoms with Crippen molar-refractivity contribution in [2.24, 2.45) is 47.2 Å². The van der Waals surface area contributed by atoms with Crippen molar-refractivity contribution in [2.45, 2.75) is 24.8 Å². The maximum absolute atomic E-state index is 6.59. The van der Waals surface area contributed by atoms with Crippen LogP contribution in [-0.2, 0) is 0 Å². The molecule has 8 atom stereocenters. The maximum Gasteiger partial charge on any atom is 0.0222 e. The van der Waals surface area contributed by atoms with E-state index in [2.05, 4.69) is 0 Å². The fourth-order valence-corrected chi connectivity index (χ4v) is 6.68. The maximum atomic E-state index is 6.59. The molecule has 6 bridgehead atoms. The van der Waals surface area contributed by atoms with Gasteiger partial charge in [0.25, 0.3) is 0 Å². The Labute approximate surface area is 84.9 Å². The molecule has 0 saturated heterocycles. The van der Waals surface area contributed by atoms with E-state index >= 15 is 0 Å². The summed E-state index contributed by atoms with van der Waals surface area (Å²) in [6.45, 7) is 0. The van der Waals surface area contributed by atoms with Gasteiger partial charge in [-0.2, -0.15) is 0 Å². The van der Waals surface area contributed by atoms with Crippen LogP contribution in [0.5, 0.6) is 0 Å². The van der Waals surface area contributed by atoms with Gasteiger partial charge in [-0.25, -0.2) is 0 Å². The summed E-state index contributed by atoms with van der Waals surface area (Å²) in [6, 6.07) is 0. The monoisotopic (exact) mass is 197 g/mol. The number of halogens is 1. The highest BCUT2D eigenvalue weighted by molar-refractivity contribution is 5.85. The Balaban J connectivity index is 0.000000512. The van der Waals surface area contributed by atoms with Gasteiger partial charge in [-0.15, -0.1) is 12.4 Å². The van der Waals surface area contributed by atoms with Gasteiger partial charge in [0.2, 0.25) is 0 Å². The van der Waals surface area contributed by atoms with E-state index in [0.29, 0.717) is 5.54 Å². The highest BCUT2D eigenvalue weighted by Crippen LogP contribution is 2.83. The quantitative estimate of drug-likeness (QED) is 0.628. The van der Waals surface area contributed by atoms with Crippen LogP contribution in [0.2, 0.25) is 0 Å². The summed E-state index contributed by atoms with van der Waals surface area (Å²) in [5.41, 5.74) is 6.96. The zero-order valence-corrected chi connectivity index (χ0v) is 8.46. The average Bonchev–Trinajstić information content (AvgIpc) is 2.55. The second-order valence-electron chi connectivity index (χ2n) is 6.15. The van der Waals surface area contributed by atoms with Crippen molar-refractivity contribution in [1.82, 2.24) is 0 Å². The molecular formula is C11H16ClN. The molecule has 0 radical (unpaired) electrons. The highest BCUT2D eigenvalue weighted by Gasteiger charge is 2.81. The molecule has 6 fully saturated rings. The SMILES string of the molecule is Cl.NC12CC3C4CC5C(CC1C35)C42. The summed E-state index contributed by atoms with van der Waals surface area (Å²) in [5.74, 6) is 7.59. The zero-order valence-electron chi connectivity index (χ0n) is 7.65. The first kappa shape index (κ1) is 7.53. The summed E-state index contributed by atoms with van der Waals surface area (Å²) in [4.78, 5) is 0. The molecule has 0 spiro atoms. The summed E-state index contributed by atoms with van der Waals surface area (Å²) in [7, 11) is 0. The van der Waals surface area contributed by atoms with Crippen molar-refractivity contribution in [3.8, 4) is 0 Å². The summed E-state index contributed by atoms with van der Waals surface area (Å²) >= 11 is 0. The van der Waals surface area contributed by atoms with Gasteiger partial charge in [-0.05, 0) is 60.7 Å². The second kappa shape index (κ2) is 1.69. The van der Waals surface area contributed by atoms with Gasteiger partial charge in [0.1, 0.15) is 0 Å². The van der Waals surface area contributed by atoms with E-state index < -0.39 is 0 Å². The lowest BCUT2D eigenvalue weighted by atomic mass is 9.68. The number of hydrogen-bond donors (Lipinski definition) is 1. The van der Waals surface area contributed by atoms with E-state index in [0.717, 1.165) is 41.4 Å². The van der Waals surface area contributed by atoms with Crippen molar-refractivity contribution < 1.29 is 0 Å². The molecule has 13 heavy (non-hydrogen) atoms. The minimum absolute atomic E-state index is 0. The van der Waals surface area contributed by atoms with Crippen LogP contribution < -0.4 is 5.73 Å². The molecule has 6 rings (SSSR count). The molecule has 0 heterocycles. The highest BCUT2D eigenvalue weighted by atomic mass is 35.5. The largest absolute Gasteiger partial charge is 0.325 e. The Bertz CT molecular complexity index is 302. The van der Waals surface area contributed by atoms with Crippen LogP contribution >= 0.6 is 12.4 Å². The number of rotatable bonds is 0. The van der Waals surface area contributed by atoms with E-state index in [1.807, 2.05) is 0 Å². The lowest BCUT2D eigenvalue weighted by Gasteiger charge is -2.40. The zero-order chi connectivity index (χ0) is 7.66. The van der Waals surface area contributed by atoms with E-state index in [1.54, 1.807) is 6.42 Å². The van der Waals surface area contributed by atoms with Crippen molar-refractivity contribution in [2.75, 3.05) is 0 Å². The van der Waals surface area contributed by atoms with Gasteiger partial charge in [-0.1, -0.05) is 0 Å². The third kappa shape index (κ3) is 0.454. The molecule has 8 unspecified atom stereocenters. The minimum atomic E-state index is 0. The molecular weight excluding hydrogens is 182 g/mol. The Morgan fingerprint density at radius 2 is 1.77 bits per heavy atom. The summed E-state index contributed by atoms with van der Waals surface area (Å²) < 4.78 is 0. The van der Waals surface area contributed by atoms with E-state index in [1.165, 1.54) is 12.8 Å². The Hall–Kier alpha value is 0.250. The first-order valence-electron chi connectivity index (χ1n) is 5.59. The molecule has 2 heteroatoms. The molecule has 6 saturated carbocycles. The topological polar surface area (TPSA) is 26.0 Å². The minimum Gasteiger partial charge on any atom is -0.325 e. The Kier molecular flexibility index (Phi) is 0.981. The molecule has 1 nitrogen and oxygen atoms in total. The van der Waals surface area contributed by atoms with E-state index in [-0.39, 0.29) is 12.4 Å². The van der Waals surface area contributed by atoms with Gasteiger partial charge >= 0.3 is 0 Å². The molecule has 6 aliphatic carbocycles. The summed E-state index contributed by atoms with van der Waals surface area (Å²) in [5, 5.41) is 0. The number of nitrogens with two attached hydrogens (primary N) is 1. The van der Waals surface area contributed by atoms with Crippen molar-refractivity contribution in [3.63, 3.8) is 0 Å². The van der Waals surface area contributed by atoms with Crippen LogP contribution in [-0.4, -0.2) is 5.54 Å². The predicted octanol–water partition coefficient (Wildman–Crippen LogP) is 1.66. The Morgan fingerprint density at radius 1 is 1.00 bits per heavy atom. The van der Waals surface area contributed by atoms with Crippen LogP contribution in [0.4, 0.5) is 0 Å². The van der Waals surface area contributed by atoms with E-state index in [4.69, 9.17) is 5.73 Å². The van der Waals surface area contributed by atoms with Gasteiger partial charge in [0.15, 0.2) is 0 Å². The van der Waals surface area contributed by atoms with Gasteiger partial charge in [-0.3, -0.25) is 0 Å². The van der Waals surface area contributed by atoms with Crippen LogP contribution in [0.1, 0.15) is 19.3 Å². The lowest BCUT2D eigenvalue weighted by Crippen LogP contribution is -2.50. The van der Waals surface area contributed by atoms with Crippen molar-refractivity contribution in [3.05, 3.63) is 0 Å². The normalized spacial score (nSPS) is 78.7. The molecule has 0 aromatic rings. The standard InChI is InChI=1S/C11H15N.ClH/c12-11-3-7-5-1-4-6(10(5)11)2-8(11)9(4)7;/h4-10H,1-3,12H2;1H. The van der Waals surface area contributed by atoms with Crippen LogP contribution in [0.25, 0.3) is 0 Å². The van der Waals surface area contributed by atoms with Gasteiger partial charge in [0.05, 0.1) is 0 Å². The predicted molar refractivity (Wildman–Crippen MR) is 52.4 cm³/mol. The molecule has 0 aliphatic heterocycles. The number of hydrogen-bond acceptors (Lipinski definition) is 1. The lowest BCUT2D eigenvalue weighted by molar-refractivity contribution is 0.111. The average molecular weight is 198 g/mol. The van der Waals surface area contributed by atoms with Crippen LogP contribution in [0.3, 0.4) is 0 Å². The molecule has 0 amide bonds. The fraction of sp³-hybridized carbons (Fsp3) is 1.00. The van der Waals surface area contributed by atoms with Crippen molar-refractivity contribution >= 4 is 12.4 Å². The third-order valence-electron chi connectivity index (χ3n) is 6.45. The van der Waals surface area contributed by atoms with E-state index in [9.17, 15) is 0 Å². The van der Waals surface area contributed by atoms with Gasteiger partial charge < -0.3 is 5.73 Å². The molecule has 0 aromatic heterocycles. The van der Waals surface area contributed by atoms with Gasteiger partial charge in [0, 0.05) is 5.54 Å². The first-order chi connectivity index (χ1) is 5.81. The van der Waals surface area contributed by atoms with Crippen LogP contribution in [0.15, 0.2) is 0 Å². The smallest absolute Gasteiger partial charge is 0.0222 e. The molecule has 6 aliphatic rings.